The van der Waals surface area contributed by atoms with Gasteiger partial charge in [0.05, 0.1) is 27.8 Å². The Labute approximate surface area is 333 Å². The molecule has 9 aromatic carbocycles. The van der Waals surface area contributed by atoms with Gasteiger partial charge in [0.15, 0.2) is 8.07 Å². The Kier molecular flexibility index (Phi) is 7.87. The zero-order chi connectivity index (χ0) is 37.8. The van der Waals surface area contributed by atoms with Gasteiger partial charge in [0.1, 0.15) is 0 Å². The van der Waals surface area contributed by atoms with Crippen LogP contribution in [0.4, 0.5) is 0 Å². The van der Waals surface area contributed by atoms with Crippen LogP contribution < -0.4 is 20.7 Å². The summed E-state index contributed by atoms with van der Waals surface area (Å²) in [6.07, 6.45) is 0. The van der Waals surface area contributed by atoms with Gasteiger partial charge in [0.2, 0.25) is 0 Å². The Morgan fingerprint density at radius 2 is 0.754 bits per heavy atom. The first-order valence-corrected chi connectivity index (χ1v) is 21.7. The molecule has 2 aromatic heterocycles. The Morgan fingerprint density at radius 1 is 0.298 bits per heavy atom. The predicted octanol–water partition coefficient (Wildman–Crippen LogP) is 10.9. The number of benzene rings is 9. The zero-order valence-corrected chi connectivity index (χ0v) is 32.3. The lowest BCUT2D eigenvalue weighted by atomic mass is 9.99. The average molecular weight is 743 g/mol. The molecule has 0 bridgehead atoms. The van der Waals surface area contributed by atoms with Crippen LogP contribution >= 0.6 is 0 Å². The molecule has 57 heavy (non-hydrogen) atoms. The normalized spacial score (nSPS) is 11.9. The van der Waals surface area contributed by atoms with E-state index in [1.54, 1.807) is 0 Å². The minimum atomic E-state index is -2.88. The summed E-state index contributed by atoms with van der Waals surface area (Å²) in [6.45, 7) is 0. The molecule has 2 heterocycles. The average Bonchev–Trinajstić information content (AvgIpc) is 3.82. The molecule has 0 aliphatic rings. The minimum Gasteiger partial charge on any atom is -0.309 e. The molecular weight excluding hydrogens is 705 g/mol. The molecule has 0 amide bonds. The van der Waals surface area contributed by atoms with Gasteiger partial charge in [-0.2, -0.15) is 0 Å². The van der Waals surface area contributed by atoms with E-state index in [1.807, 2.05) is 0 Å². The summed E-state index contributed by atoms with van der Waals surface area (Å²) in [4.78, 5) is 0. The van der Waals surface area contributed by atoms with Crippen molar-refractivity contribution in [1.29, 1.82) is 0 Å². The number of rotatable bonds is 7. The summed E-state index contributed by atoms with van der Waals surface area (Å²) >= 11 is 0. The first kappa shape index (κ1) is 33.2. The van der Waals surface area contributed by atoms with Crippen molar-refractivity contribution in [3.8, 4) is 22.5 Å². The van der Waals surface area contributed by atoms with Crippen LogP contribution in [0.15, 0.2) is 231 Å². The molecule has 0 atom stereocenters. The van der Waals surface area contributed by atoms with Crippen molar-refractivity contribution in [3.63, 3.8) is 0 Å². The fourth-order valence-electron chi connectivity index (χ4n) is 9.61. The molecule has 0 fully saturated rings. The molecule has 2 nitrogen and oxygen atoms in total. The highest BCUT2D eigenvalue weighted by atomic mass is 28.3. The van der Waals surface area contributed by atoms with Crippen molar-refractivity contribution in [2.24, 2.45) is 0 Å². The summed E-state index contributed by atoms with van der Waals surface area (Å²) in [6, 6.07) is 85.2. The second-order valence-electron chi connectivity index (χ2n) is 14.8. The van der Waals surface area contributed by atoms with E-state index in [2.05, 4.69) is 240 Å². The van der Waals surface area contributed by atoms with Gasteiger partial charge in [-0.25, -0.2) is 0 Å². The van der Waals surface area contributed by atoms with Crippen molar-refractivity contribution in [2.45, 2.75) is 0 Å². The van der Waals surface area contributed by atoms with Gasteiger partial charge in [0, 0.05) is 27.2 Å². The van der Waals surface area contributed by atoms with Crippen molar-refractivity contribution in [1.82, 2.24) is 9.13 Å². The number of hydrogen-bond acceptors (Lipinski definition) is 0. The molecule has 0 saturated heterocycles. The number of aromatic nitrogens is 2. The Balaban J connectivity index is 1.32. The fraction of sp³-hybridized carbons (Fsp3) is 0. The van der Waals surface area contributed by atoms with E-state index in [9.17, 15) is 0 Å². The van der Waals surface area contributed by atoms with E-state index in [4.69, 9.17) is 0 Å². The van der Waals surface area contributed by atoms with Crippen LogP contribution in [0, 0.1) is 0 Å². The maximum absolute atomic E-state index is 2.88. The molecule has 11 aromatic rings. The smallest absolute Gasteiger partial charge is 0.180 e. The van der Waals surface area contributed by atoms with Crippen LogP contribution in [0.5, 0.6) is 0 Å². The van der Waals surface area contributed by atoms with Crippen LogP contribution in [-0.4, -0.2) is 17.2 Å². The Hall–Kier alpha value is -7.20. The molecule has 0 spiro atoms. The fourth-order valence-corrected chi connectivity index (χ4v) is 14.6. The van der Waals surface area contributed by atoms with Gasteiger partial charge < -0.3 is 9.13 Å². The molecule has 11 rings (SSSR count). The summed E-state index contributed by atoms with van der Waals surface area (Å²) in [5, 5.41) is 10.6. The zero-order valence-electron chi connectivity index (χ0n) is 31.3. The summed E-state index contributed by atoms with van der Waals surface area (Å²) in [5.74, 6) is 0. The number of hydrogen-bond donors (Lipinski definition) is 0. The number of nitrogens with zero attached hydrogens (tertiary/aromatic N) is 2. The van der Waals surface area contributed by atoms with E-state index in [-0.39, 0.29) is 0 Å². The van der Waals surface area contributed by atoms with Crippen LogP contribution in [0.25, 0.3) is 66.1 Å². The van der Waals surface area contributed by atoms with E-state index < -0.39 is 8.07 Å². The summed E-state index contributed by atoms with van der Waals surface area (Å²) in [7, 11) is -2.88. The molecule has 0 N–H and O–H groups in total. The maximum atomic E-state index is 2.55. The van der Waals surface area contributed by atoms with E-state index in [0.717, 1.165) is 5.69 Å². The van der Waals surface area contributed by atoms with Crippen LogP contribution in [0.1, 0.15) is 0 Å². The summed E-state index contributed by atoms with van der Waals surface area (Å²) in [5.41, 5.74) is 9.53. The lowest BCUT2D eigenvalue weighted by Crippen LogP contribution is -2.74. The topological polar surface area (TPSA) is 9.86 Å². The van der Waals surface area contributed by atoms with Gasteiger partial charge in [0.25, 0.3) is 0 Å². The highest BCUT2D eigenvalue weighted by Gasteiger charge is 2.43. The van der Waals surface area contributed by atoms with Gasteiger partial charge in [-0.05, 0) is 74.3 Å². The number of para-hydroxylation sites is 2. The molecule has 3 heteroatoms. The summed E-state index contributed by atoms with van der Waals surface area (Å²) < 4.78 is 4.99. The Bertz CT molecular complexity index is 3110. The monoisotopic (exact) mass is 742 g/mol. The van der Waals surface area contributed by atoms with Crippen LogP contribution in [0.3, 0.4) is 0 Å². The van der Waals surface area contributed by atoms with Gasteiger partial charge in [-0.3, -0.25) is 0 Å². The SMILES string of the molecule is c1ccc(-c2cccc3c2c2c(-n4c5ccccc5c5c([Si](c6ccccc6)(c6ccccc6)c6ccccc6)cccc54)cccc2n3-c2ccccc2)cc1. The first-order valence-electron chi connectivity index (χ1n) is 19.7. The maximum Gasteiger partial charge on any atom is 0.180 e. The second kappa shape index (κ2) is 13.5. The standard InChI is InChI=1S/C54H38N2Si/c1-6-21-39(22-7-1)44-32-18-34-48-53(44)54-49(55(48)40-23-8-2-9-24-40)35-19-36-50(54)56-46-33-17-16-31-45(46)52-47(56)37-20-38-51(52)57(41-25-10-3-11-26-41,42-27-12-4-13-28-42)43-29-14-5-15-30-43/h1-38H. The number of fused-ring (bicyclic) bond motifs is 6. The van der Waals surface area contributed by atoms with Crippen LogP contribution in [-0.2, 0) is 0 Å². The molecule has 0 unspecified atom stereocenters. The highest BCUT2D eigenvalue weighted by Crippen LogP contribution is 2.43. The van der Waals surface area contributed by atoms with E-state index in [0.29, 0.717) is 0 Å². The van der Waals surface area contributed by atoms with Crippen molar-refractivity contribution in [2.75, 3.05) is 0 Å². The second-order valence-corrected chi connectivity index (χ2v) is 18.6. The van der Waals surface area contributed by atoms with Gasteiger partial charge in [-0.15, -0.1) is 0 Å². The Morgan fingerprint density at radius 3 is 1.37 bits per heavy atom. The minimum absolute atomic E-state index is 1.15. The molecule has 268 valence electrons. The third kappa shape index (κ3) is 5.03. The predicted molar refractivity (Wildman–Crippen MR) is 244 cm³/mol. The quantitative estimate of drug-likeness (QED) is 0.114. The van der Waals surface area contributed by atoms with E-state index in [1.165, 1.54) is 81.2 Å². The van der Waals surface area contributed by atoms with Crippen LogP contribution in [0.2, 0.25) is 0 Å². The lowest BCUT2D eigenvalue weighted by Gasteiger charge is -2.35. The third-order valence-corrected chi connectivity index (χ3v) is 16.7. The van der Waals surface area contributed by atoms with Gasteiger partial charge in [-0.1, -0.05) is 188 Å². The van der Waals surface area contributed by atoms with Crippen molar-refractivity contribution in [3.05, 3.63) is 231 Å². The molecule has 0 saturated carbocycles. The lowest BCUT2D eigenvalue weighted by molar-refractivity contribution is 1.17. The van der Waals surface area contributed by atoms with Crippen molar-refractivity contribution >= 4 is 72.4 Å². The third-order valence-electron chi connectivity index (χ3n) is 11.9. The molecular formula is C54H38N2Si. The largest absolute Gasteiger partial charge is 0.309 e. The first-order chi connectivity index (χ1) is 28.3. The molecule has 0 aliphatic carbocycles. The van der Waals surface area contributed by atoms with Gasteiger partial charge >= 0.3 is 0 Å². The van der Waals surface area contributed by atoms with E-state index >= 15 is 0 Å². The highest BCUT2D eigenvalue weighted by molar-refractivity contribution is 7.20. The van der Waals surface area contributed by atoms with Crippen molar-refractivity contribution < 1.29 is 0 Å². The molecule has 0 radical (unpaired) electrons. The molecule has 0 aliphatic heterocycles.